The van der Waals surface area contributed by atoms with Gasteiger partial charge in [-0.05, 0) is 36.8 Å². The molecule has 2 aliphatic rings. The minimum absolute atomic E-state index is 0.362. The average Bonchev–Trinajstić information content (AvgIpc) is 2.97. The summed E-state index contributed by atoms with van der Waals surface area (Å²) in [7, 11) is -4.12. The molecule has 0 aromatic heterocycles. The second kappa shape index (κ2) is 4.96. The molecule has 0 amide bonds. The Labute approximate surface area is 122 Å². The molecule has 1 aromatic carbocycles. The van der Waals surface area contributed by atoms with Crippen LogP contribution in [0.25, 0.3) is 0 Å². The van der Waals surface area contributed by atoms with Gasteiger partial charge in [-0.3, -0.25) is 10.1 Å². The van der Waals surface area contributed by atoms with Crippen molar-refractivity contribution in [2.24, 2.45) is 17.0 Å². The lowest BCUT2D eigenvalue weighted by Crippen LogP contribution is -2.23. The van der Waals surface area contributed by atoms with Crippen LogP contribution >= 0.6 is 0 Å². The van der Waals surface area contributed by atoms with E-state index < -0.39 is 25.5 Å². The van der Waals surface area contributed by atoms with E-state index in [9.17, 15) is 18.5 Å². The van der Waals surface area contributed by atoms with Crippen LogP contribution in [0.1, 0.15) is 19.3 Å². The molecule has 2 atom stereocenters. The number of nitrogens with zero attached hydrogens (tertiary/aromatic N) is 2. The summed E-state index contributed by atoms with van der Waals surface area (Å²) >= 11 is 0. The molecular weight excluding hydrogens is 294 g/mol. The predicted octanol–water partition coefficient (Wildman–Crippen LogP) is 1.48. The maximum Gasteiger partial charge on any atom is 0.312 e. The van der Waals surface area contributed by atoms with Gasteiger partial charge in [0.15, 0.2) is 4.90 Å². The predicted molar refractivity (Wildman–Crippen MR) is 77.5 cm³/mol. The number of sulfonamides is 1. The van der Waals surface area contributed by atoms with E-state index in [1.165, 1.54) is 18.6 Å². The van der Waals surface area contributed by atoms with Crippen LogP contribution in [-0.2, 0) is 10.0 Å². The highest BCUT2D eigenvalue weighted by atomic mass is 32.2. The van der Waals surface area contributed by atoms with Crippen LogP contribution in [0.3, 0.4) is 0 Å². The molecule has 2 N–H and O–H groups in total. The SMILES string of the molecule is NS(=O)(=O)c1cccc(N2CC3CCCC3C2)c1[N+](=O)[O-]. The van der Waals surface area contributed by atoms with Crippen LogP contribution in [0.5, 0.6) is 0 Å². The zero-order valence-electron chi connectivity index (χ0n) is 11.4. The number of hydrogen-bond acceptors (Lipinski definition) is 5. The molecule has 0 spiro atoms. The Morgan fingerprint density at radius 1 is 1.24 bits per heavy atom. The Bertz CT molecular complexity index is 677. The average molecular weight is 311 g/mol. The molecule has 1 aromatic rings. The maximum absolute atomic E-state index is 11.6. The van der Waals surface area contributed by atoms with Gasteiger partial charge < -0.3 is 4.90 Å². The topological polar surface area (TPSA) is 107 Å². The third-order valence-electron chi connectivity index (χ3n) is 4.53. The molecule has 8 heteroatoms. The summed E-state index contributed by atoms with van der Waals surface area (Å²) in [5.74, 6) is 1.12. The fraction of sp³-hybridized carbons (Fsp3) is 0.538. The van der Waals surface area contributed by atoms with Gasteiger partial charge >= 0.3 is 5.69 Å². The van der Waals surface area contributed by atoms with Gasteiger partial charge in [0.25, 0.3) is 0 Å². The number of hydrogen-bond donors (Lipinski definition) is 1. The molecule has 0 bridgehead atoms. The van der Waals surface area contributed by atoms with Crippen molar-refractivity contribution in [3.8, 4) is 0 Å². The van der Waals surface area contributed by atoms with Crippen molar-refractivity contribution < 1.29 is 13.3 Å². The number of nitro groups is 1. The van der Waals surface area contributed by atoms with Crippen LogP contribution in [0.2, 0.25) is 0 Å². The van der Waals surface area contributed by atoms with Crippen LogP contribution in [-0.4, -0.2) is 26.4 Å². The quantitative estimate of drug-likeness (QED) is 0.672. The smallest absolute Gasteiger partial charge is 0.312 e. The molecular formula is C13H17N3O4S. The van der Waals surface area contributed by atoms with Gasteiger partial charge in [0, 0.05) is 13.1 Å². The largest absolute Gasteiger partial charge is 0.365 e. The van der Waals surface area contributed by atoms with E-state index >= 15 is 0 Å². The molecule has 7 nitrogen and oxygen atoms in total. The number of para-hydroxylation sites is 1. The zero-order valence-corrected chi connectivity index (χ0v) is 12.3. The van der Waals surface area contributed by atoms with Crippen molar-refractivity contribution in [3.63, 3.8) is 0 Å². The van der Waals surface area contributed by atoms with Gasteiger partial charge in [0.1, 0.15) is 5.69 Å². The van der Waals surface area contributed by atoms with E-state index in [-0.39, 0.29) is 0 Å². The Hall–Kier alpha value is -1.67. The molecule has 114 valence electrons. The van der Waals surface area contributed by atoms with Crippen LogP contribution < -0.4 is 10.0 Å². The summed E-state index contributed by atoms with van der Waals surface area (Å²) in [5, 5.41) is 16.5. The second-order valence-electron chi connectivity index (χ2n) is 5.78. The molecule has 21 heavy (non-hydrogen) atoms. The molecule has 1 saturated heterocycles. The molecule has 0 radical (unpaired) electrons. The van der Waals surface area contributed by atoms with Gasteiger partial charge in [-0.1, -0.05) is 12.5 Å². The van der Waals surface area contributed by atoms with E-state index in [1.807, 2.05) is 4.90 Å². The summed E-state index contributed by atoms with van der Waals surface area (Å²) in [4.78, 5) is 12.2. The maximum atomic E-state index is 11.6. The molecule has 1 saturated carbocycles. The van der Waals surface area contributed by atoms with E-state index in [2.05, 4.69) is 0 Å². The van der Waals surface area contributed by atoms with E-state index in [0.717, 1.165) is 25.9 Å². The lowest BCUT2D eigenvalue weighted by Gasteiger charge is -2.20. The minimum atomic E-state index is -4.12. The summed E-state index contributed by atoms with van der Waals surface area (Å²) in [6.45, 7) is 1.50. The number of nitro benzene ring substituents is 1. The van der Waals surface area contributed by atoms with Crippen LogP contribution in [0.15, 0.2) is 23.1 Å². The highest BCUT2D eigenvalue weighted by Crippen LogP contribution is 2.43. The molecule has 2 unspecified atom stereocenters. The van der Waals surface area contributed by atoms with Crippen LogP contribution in [0, 0.1) is 22.0 Å². The van der Waals surface area contributed by atoms with E-state index in [1.54, 1.807) is 6.07 Å². The number of primary sulfonamides is 1. The molecule has 3 rings (SSSR count). The summed E-state index contributed by atoms with van der Waals surface area (Å²) in [6.07, 6.45) is 3.50. The fourth-order valence-electron chi connectivity index (χ4n) is 3.61. The van der Waals surface area contributed by atoms with Gasteiger partial charge in [0.05, 0.1) is 4.92 Å². The number of anilines is 1. The third kappa shape index (κ3) is 2.49. The summed E-state index contributed by atoms with van der Waals surface area (Å²) in [5.41, 5.74) is -0.0408. The lowest BCUT2D eigenvalue weighted by molar-refractivity contribution is -0.387. The van der Waals surface area contributed by atoms with Crippen LogP contribution in [0.4, 0.5) is 11.4 Å². The lowest BCUT2D eigenvalue weighted by atomic mass is 10.0. The molecule has 1 aliphatic heterocycles. The Kier molecular flexibility index (Phi) is 3.37. The van der Waals surface area contributed by atoms with Gasteiger partial charge in [-0.25, -0.2) is 13.6 Å². The summed E-state index contributed by atoms with van der Waals surface area (Å²) in [6, 6.07) is 4.30. The van der Waals surface area contributed by atoms with Gasteiger partial charge in [-0.2, -0.15) is 0 Å². The third-order valence-corrected chi connectivity index (χ3v) is 5.48. The second-order valence-corrected chi connectivity index (χ2v) is 7.31. The zero-order chi connectivity index (χ0) is 15.2. The number of fused-ring (bicyclic) bond motifs is 1. The first-order valence-corrected chi connectivity index (χ1v) is 8.47. The highest BCUT2D eigenvalue weighted by molar-refractivity contribution is 7.89. The summed E-state index contributed by atoms with van der Waals surface area (Å²) < 4.78 is 23.2. The van der Waals surface area contributed by atoms with Crippen molar-refractivity contribution in [2.75, 3.05) is 18.0 Å². The first-order valence-electron chi connectivity index (χ1n) is 6.93. The highest BCUT2D eigenvalue weighted by Gasteiger charge is 2.39. The van der Waals surface area contributed by atoms with E-state index in [4.69, 9.17) is 5.14 Å². The van der Waals surface area contributed by atoms with Crippen molar-refractivity contribution in [2.45, 2.75) is 24.2 Å². The van der Waals surface area contributed by atoms with E-state index in [0.29, 0.717) is 17.5 Å². The van der Waals surface area contributed by atoms with Crippen molar-refractivity contribution in [1.82, 2.24) is 0 Å². The monoisotopic (exact) mass is 311 g/mol. The van der Waals surface area contributed by atoms with Crippen molar-refractivity contribution >= 4 is 21.4 Å². The number of benzene rings is 1. The Morgan fingerprint density at radius 3 is 2.38 bits per heavy atom. The minimum Gasteiger partial charge on any atom is -0.365 e. The number of nitrogens with two attached hydrogens (primary N) is 1. The standard InChI is InChI=1S/C13H17N3O4S/c14-21(19,20)12-6-2-5-11(13(12)16(17)18)15-7-9-3-1-4-10(9)8-15/h2,5-6,9-10H,1,3-4,7-8H2,(H2,14,19,20). The molecule has 2 fully saturated rings. The Morgan fingerprint density at radius 2 is 1.86 bits per heavy atom. The Balaban J connectivity index is 2.05. The number of rotatable bonds is 3. The first kappa shape index (κ1) is 14.3. The van der Waals surface area contributed by atoms with Gasteiger partial charge in [0.2, 0.25) is 10.0 Å². The molecule has 1 aliphatic carbocycles. The van der Waals surface area contributed by atoms with Crippen molar-refractivity contribution in [1.29, 1.82) is 0 Å². The first-order chi connectivity index (χ1) is 9.88. The van der Waals surface area contributed by atoms with Gasteiger partial charge in [-0.15, -0.1) is 0 Å². The molecule has 1 heterocycles. The van der Waals surface area contributed by atoms with Crippen molar-refractivity contribution in [3.05, 3.63) is 28.3 Å². The fourth-order valence-corrected chi connectivity index (χ4v) is 4.33. The normalized spacial score (nSPS) is 25.1.